The molecule has 0 bridgehead atoms. The Morgan fingerprint density at radius 2 is 2.21 bits per heavy atom. The largest absolute Gasteiger partial charge is 0.351 e. The van der Waals surface area contributed by atoms with Crippen molar-refractivity contribution in [1.29, 1.82) is 0 Å². The van der Waals surface area contributed by atoms with Crippen molar-refractivity contribution >= 4 is 16.5 Å². The molecular formula is C10H19N3S. The maximum Gasteiger partial charge on any atom is 0.185 e. The van der Waals surface area contributed by atoms with E-state index in [1.807, 2.05) is 7.05 Å². The van der Waals surface area contributed by atoms with E-state index < -0.39 is 0 Å². The van der Waals surface area contributed by atoms with Gasteiger partial charge in [-0.2, -0.15) is 0 Å². The molecule has 0 amide bonds. The number of aryl methyl sites for hydroxylation is 1. The Kier molecular flexibility index (Phi) is 4.35. The first kappa shape index (κ1) is 11.5. The first-order valence-electron chi connectivity index (χ1n) is 5.01. The van der Waals surface area contributed by atoms with Crippen molar-refractivity contribution < 1.29 is 0 Å². The lowest BCUT2D eigenvalue weighted by molar-refractivity contribution is 0.821. The number of nitrogens with zero attached hydrogens (tertiary/aromatic N) is 2. The maximum atomic E-state index is 4.55. The Balaban J connectivity index is 2.74. The van der Waals surface area contributed by atoms with Gasteiger partial charge in [0.05, 0.1) is 5.69 Å². The van der Waals surface area contributed by atoms with E-state index in [9.17, 15) is 0 Å². The number of anilines is 1. The predicted molar refractivity (Wildman–Crippen MR) is 63.2 cm³/mol. The minimum absolute atomic E-state index is 0.920. The molecule has 0 aliphatic heterocycles. The summed E-state index contributed by atoms with van der Waals surface area (Å²) in [5.41, 5.74) is 1.15. The SMILES string of the molecule is CCCN(C)c1nc(C)c(CNC)s1. The van der Waals surface area contributed by atoms with Crippen LogP contribution in [0, 0.1) is 6.92 Å². The third-order valence-corrected chi connectivity index (χ3v) is 3.38. The van der Waals surface area contributed by atoms with Gasteiger partial charge >= 0.3 is 0 Å². The summed E-state index contributed by atoms with van der Waals surface area (Å²) < 4.78 is 0. The normalized spacial score (nSPS) is 10.6. The summed E-state index contributed by atoms with van der Waals surface area (Å²) in [7, 11) is 4.07. The molecule has 0 aliphatic carbocycles. The van der Waals surface area contributed by atoms with Crippen LogP contribution >= 0.6 is 11.3 Å². The highest BCUT2D eigenvalue weighted by molar-refractivity contribution is 7.15. The fourth-order valence-electron chi connectivity index (χ4n) is 1.33. The standard InChI is InChI=1S/C10H19N3S/c1-5-6-13(4)10-12-8(2)9(14-10)7-11-3/h11H,5-7H2,1-4H3. The fraction of sp³-hybridized carbons (Fsp3) is 0.700. The molecule has 1 rings (SSSR count). The molecule has 0 aliphatic rings. The van der Waals surface area contributed by atoms with Gasteiger partial charge in [0.2, 0.25) is 0 Å². The topological polar surface area (TPSA) is 28.2 Å². The molecular weight excluding hydrogens is 194 g/mol. The lowest BCUT2D eigenvalue weighted by Gasteiger charge is -2.13. The number of nitrogens with one attached hydrogen (secondary N) is 1. The second-order valence-electron chi connectivity index (χ2n) is 3.46. The number of hydrogen-bond donors (Lipinski definition) is 1. The summed E-state index contributed by atoms with van der Waals surface area (Å²) in [6.07, 6.45) is 1.16. The number of aromatic nitrogens is 1. The highest BCUT2D eigenvalue weighted by atomic mass is 32.1. The monoisotopic (exact) mass is 213 g/mol. The van der Waals surface area contributed by atoms with Crippen molar-refractivity contribution in [3.63, 3.8) is 0 Å². The van der Waals surface area contributed by atoms with E-state index in [0.29, 0.717) is 0 Å². The summed E-state index contributed by atoms with van der Waals surface area (Å²) in [5.74, 6) is 0. The molecule has 4 heteroatoms. The van der Waals surface area contributed by atoms with Crippen LogP contribution in [0.25, 0.3) is 0 Å². The summed E-state index contributed by atoms with van der Waals surface area (Å²) in [5, 5.41) is 4.29. The van der Waals surface area contributed by atoms with E-state index >= 15 is 0 Å². The van der Waals surface area contributed by atoms with Gasteiger partial charge in [-0.1, -0.05) is 6.92 Å². The first-order valence-corrected chi connectivity index (χ1v) is 5.82. The van der Waals surface area contributed by atoms with Crippen LogP contribution in [-0.2, 0) is 6.54 Å². The third-order valence-electron chi connectivity index (χ3n) is 2.10. The zero-order chi connectivity index (χ0) is 10.6. The summed E-state index contributed by atoms with van der Waals surface area (Å²) in [6.45, 7) is 6.26. The van der Waals surface area contributed by atoms with Gasteiger partial charge in [0.1, 0.15) is 0 Å². The van der Waals surface area contributed by atoms with Gasteiger partial charge in [-0.25, -0.2) is 4.98 Å². The molecule has 3 nitrogen and oxygen atoms in total. The molecule has 14 heavy (non-hydrogen) atoms. The van der Waals surface area contributed by atoms with Gasteiger partial charge in [-0.3, -0.25) is 0 Å². The van der Waals surface area contributed by atoms with E-state index in [1.165, 1.54) is 4.88 Å². The van der Waals surface area contributed by atoms with Crippen LogP contribution in [0.1, 0.15) is 23.9 Å². The molecule has 0 saturated heterocycles. The van der Waals surface area contributed by atoms with Gasteiger partial charge in [-0.05, 0) is 20.4 Å². The summed E-state index contributed by atoms with van der Waals surface area (Å²) >= 11 is 1.78. The molecule has 0 unspecified atom stereocenters. The smallest absolute Gasteiger partial charge is 0.185 e. The van der Waals surface area contributed by atoms with Crippen molar-refractivity contribution in [2.24, 2.45) is 0 Å². The first-order chi connectivity index (χ1) is 6.69. The summed E-state index contributed by atoms with van der Waals surface area (Å²) in [6, 6.07) is 0. The van der Waals surface area contributed by atoms with Gasteiger partial charge in [0, 0.05) is 25.0 Å². The minimum Gasteiger partial charge on any atom is -0.351 e. The van der Waals surface area contributed by atoms with E-state index in [1.54, 1.807) is 11.3 Å². The molecule has 0 spiro atoms. The predicted octanol–water partition coefficient (Wildman–Crippen LogP) is 2.02. The molecule has 1 heterocycles. The van der Waals surface area contributed by atoms with Crippen LogP contribution in [0.3, 0.4) is 0 Å². The second kappa shape index (κ2) is 5.32. The molecule has 0 atom stereocenters. The van der Waals surface area contributed by atoms with Gasteiger partial charge in [0.15, 0.2) is 5.13 Å². The number of thiazole rings is 1. The third kappa shape index (κ3) is 2.69. The van der Waals surface area contributed by atoms with Crippen molar-refractivity contribution in [3.05, 3.63) is 10.6 Å². The molecule has 0 aromatic carbocycles. The van der Waals surface area contributed by atoms with Crippen molar-refractivity contribution in [2.45, 2.75) is 26.8 Å². The van der Waals surface area contributed by atoms with Crippen LogP contribution in [0.2, 0.25) is 0 Å². The van der Waals surface area contributed by atoms with Crippen LogP contribution in [-0.4, -0.2) is 25.6 Å². The zero-order valence-corrected chi connectivity index (χ0v) is 10.2. The lowest BCUT2D eigenvalue weighted by atomic mass is 10.4. The maximum absolute atomic E-state index is 4.55. The Labute approximate surface area is 90.2 Å². The van der Waals surface area contributed by atoms with Gasteiger partial charge in [0.25, 0.3) is 0 Å². The minimum atomic E-state index is 0.920. The van der Waals surface area contributed by atoms with Crippen LogP contribution < -0.4 is 10.2 Å². The second-order valence-corrected chi connectivity index (χ2v) is 4.52. The Hall–Kier alpha value is -0.610. The van der Waals surface area contributed by atoms with Gasteiger partial charge < -0.3 is 10.2 Å². The molecule has 0 saturated carbocycles. The lowest BCUT2D eigenvalue weighted by Crippen LogP contribution is -2.17. The molecule has 1 aromatic rings. The quantitative estimate of drug-likeness (QED) is 0.811. The van der Waals surface area contributed by atoms with Gasteiger partial charge in [-0.15, -0.1) is 11.3 Å². The molecule has 1 N–H and O–H groups in total. The van der Waals surface area contributed by atoms with E-state index in [4.69, 9.17) is 0 Å². The Bertz CT molecular complexity index is 283. The zero-order valence-electron chi connectivity index (χ0n) is 9.42. The average molecular weight is 213 g/mol. The van der Waals surface area contributed by atoms with E-state index in [0.717, 1.165) is 30.3 Å². The number of rotatable bonds is 5. The van der Waals surface area contributed by atoms with E-state index in [-0.39, 0.29) is 0 Å². The Morgan fingerprint density at radius 3 is 2.79 bits per heavy atom. The molecule has 80 valence electrons. The van der Waals surface area contributed by atoms with Crippen LogP contribution in [0.5, 0.6) is 0 Å². The molecule has 0 fully saturated rings. The average Bonchev–Trinajstić information content (AvgIpc) is 2.49. The number of hydrogen-bond acceptors (Lipinski definition) is 4. The van der Waals surface area contributed by atoms with Crippen molar-refractivity contribution in [1.82, 2.24) is 10.3 Å². The van der Waals surface area contributed by atoms with Crippen molar-refractivity contribution in [2.75, 3.05) is 25.5 Å². The van der Waals surface area contributed by atoms with Crippen molar-refractivity contribution in [3.8, 4) is 0 Å². The molecule has 0 radical (unpaired) electrons. The molecule has 1 aromatic heterocycles. The van der Waals surface area contributed by atoms with Crippen LogP contribution in [0.4, 0.5) is 5.13 Å². The highest BCUT2D eigenvalue weighted by Gasteiger charge is 2.09. The summed E-state index contributed by atoms with van der Waals surface area (Å²) in [4.78, 5) is 8.11. The van der Waals surface area contributed by atoms with Crippen LogP contribution in [0.15, 0.2) is 0 Å². The van der Waals surface area contributed by atoms with E-state index in [2.05, 4.69) is 36.1 Å². The fourth-order valence-corrected chi connectivity index (χ4v) is 2.39. The Morgan fingerprint density at radius 1 is 1.50 bits per heavy atom. The highest BCUT2D eigenvalue weighted by Crippen LogP contribution is 2.24.